The summed E-state index contributed by atoms with van der Waals surface area (Å²) in [6.07, 6.45) is 0. The normalized spacial score (nSPS) is 11.3. The molecule has 2 aromatic carbocycles. The van der Waals surface area contributed by atoms with Crippen molar-refractivity contribution >= 4 is 33.8 Å². The van der Waals surface area contributed by atoms with E-state index in [2.05, 4.69) is 20.8 Å². The summed E-state index contributed by atoms with van der Waals surface area (Å²) in [6, 6.07) is 7.53. The molecule has 162 valence electrons. The molecule has 1 aromatic heterocycles. The van der Waals surface area contributed by atoms with Crippen molar-refractivity contribution in [1.29, 1.82) is 0 Å². The SMILES string of the molecule is CC(C)(C)C(=O)Nc1nnc(-c2ccc(NCc3ccc(F)cc3F)c([N+](=O)[O-])c2)s1. The third-order valence-corrected chi connectivity index (χ3v) is 5.14. The van der Waals surface area contributed by atoms with Crippen LogP contribution in [-0.2, 0) is 11.3 Å². The number of hydrogen-bond donors (Lipinski definition) is 2. The third-order valence-electron chi connectivity index (χ3n) is 4.25. The minimum atomic E-state index is -0.745. The fraction of sp³-hybridized carbons (Fsp3) is 0.250. The van der Waals surface area contributed by atoms with E-state index in [0.717, 1.165) is 23.5 Å². The maximum absolute atomic E-state index is 13.8. The Morgan fingerprint density at radius 1 is 1.16 bits per heavy atom. The summed E-state index contributed by atoms with van der Waals surface area (Å²) < 4.78 is 26.8. The molecule has 2 N–H and O–H groups in total. The Balaban J connectivity index is 1.81. The van der Waals surface area contributed by atoms with Crippen LogP contribution in [0.15, 0.2) is 36.4 Å². The van der Waals surface area contributed by atoms with E-state index in [9.17, 15) is 23.7 Å². The first-order chi connectivity index (χ1) is 14.5. The number of nitrogens with one attached hydrogen (secondary N) is 2. The van der Waals surface area contributed by atoms with Crippen molar-refractivity contribution in [2.75, 3.05) is 10.6 Å². The number of halogens is 2. The summed E-state index contributed by atoms with van der Waals surface area (Å²) in [6.45, 7) is 5.22. The molecule has 3 aromatic rings. The minimum Gasteiger partial charge on any atom is -0.375 e. The number of rotatable bonds is 6. The molecule has 0 saturated heterocycles. The van der Waals surface area contributed by atoms with Crippen molar-refractivity contribution < 1.29 is 18.5 Å². The van der Waals surface area contributed by atoms with E-state index in [1.165, 1.54) is 18.2 Å². The van der Waals surface area contributed by atoms with Gasteiger partial charge in [-0.15, -0.1) is 10.2 Å². The van der Waals surface area contributed by atoms with Crippen LogP contribution < -0.4 is 10.6 Å². The predicted molar refractivity (Wildman–Crippen MR) is 114 cm³/mol. The van der Waals surface area contributed by atoms with Gasteiger partial charge in [0.05, 0.1) is 4.92 Å². The van der Waals surface area contributed by atoms with Gasteiger partial charge in [-0.05, 0) is 18.2 Å². The zero-order valence-electron chi connectivity index (χ0n) is 16.9. The lowest BCUT2D eigenvalue weighted by molar-refractivity contribution is -0.383. The Kier molecular flexibility index (Phi) is 6.25. The summed E-state index contributed by atoms with van der Waals surface area (Å²) in [5.41, 5.74) is -0.0667. The number of nitro groups is 1. The molecule has 3 rings (SSSR count). The highest BCUT2D eigenvalue weighted by Crippen LogP contribution is 2.34. The largest absolute Gasteiger partial charge is 0.375 e. The highest BCUT2D eigenvalue weighted by molar-refractivity contribution is 7.18. The van der Waals surface area contributed by atoms with E-state index in [-0.39, 0.29) is 34.5 Å². The number of nitro benzene ring substituents is 1. The first-order valence-electron chi connectivity index (χ1n) is 9.16. The average molecular weight is 447 g/mol. The highest BCUT2D eigenvalue weighted by Gasteiger charge is 2.23. The molecular weight excluding hydrogens is 428 g/mol. The number of amides is 1. The van der Waals surface area contributed by atoms with Crippen LogP contribution in [-0.4, -0.2) is 21.0 Å². The first kappa shape index (κ1) is 22.2. The van der Waals surface area contributed by atoms with Gasteiger partial charge in [-0.1, -0.05) is 38.2 Å². The Morgan fingerprint density at radius 2 is 1.90 bits per heavy atom. The molecule has 31 heavy (non-hydrogen) atoms. The van der Waals surface area contributed by atoms with Crippen LogP contribution in [0.3, 0.4) is 0 Å². The third kappa shape index (κ3) is 5.37. The lowest BCUT2D eigenvalue weighted by Gasteiger charge is -2.15. The second kappa shape index (κ2) is 8.72. The van der Waals surface area contributed by atoms with E-state index in [0.29, 0.717) is 10.6 Å². The van der Waals surface area contributed by atoms with Crippen molar-refractivity contribution in [2.24, 2.45) is 5.41 Å². The molecular formula is C20H19F2N5O3S. The van der Waals surface area contributed by atoms with E-state index < -0.39 is 22.0 Å². The van der Waals surface area contributed by atoms with Crippen molar-refractivity contribution in [3.63, 3.8) is 0 Å². The molecule has 1 heterocycles. The Labute approximate surface area is 180 Å². The number of carbonyl (C=O) groups excluding carboxylic acids is 1. The Morgan fingerprint density at radius 3 is 2.55 bits per heavy atom. The Bertz CT molecular complexity index is 1140. The van der Waals surface area contributed by atoms with Gasteiger partial charge in [0.2, 0.25) is 11.0 Å². The Hall–Kier alpha value is -3.47. The van der Waals surface area contributed by atoms with Gasteiger partial charge >= 0.3 is 0 Å². The summed E-state index contributed by atoms with van der Waals surface area (Å²) in [5.74, 6) is -1.68. The molecule has 11 heteroatoms. The standard InChI is InChI=1S/C20H19F2N5O3S/c1-20(2,3)18(28)24-19-26-25-17(31-19)11-5-7-15(16(8-11)27(29)30)23-10-12-4-6-13(21)9-14(12)22/h4-9,23H,10H2,1-3H3,(H,24,26,28). The first-order valence-corrected chi connectivity index (χ1v) is 9.98. The molecule has 0 bridgehead atoms. The van der Waals surface area contributed by atoms with E-state index in [1.54, 1.807) is 26.8 Å². The second-order valence-electron chi connectivity index (χ2n) is 7.69. The number of anilines is 2. The molecule has 0 aliphatic rings. The van der Waals surface area contributed by atoms with Gasteiger partial charge in [0.1, 0.15) is 22.3 Å². The zero-order valence-corrected chi connectivity index (χ0v) is 17.7. The van der Waals surface area contributed by atoms with Gasteiger partial charge in [-0.25, -0.2) is 8.78 Å². The molecule has 0 unspecified atom stereocenters. The summed E-state index contributed by atoms with van der Waals surface area (Å²) in [5, 5.41) is 25.6. The summed E-state index contributed by atoms with van der Waals surface area (Å²) in [4.78, 5) is 23.1. The van der Waals surface area contributed by atoms with Gasteiger partial charge in [-0.3, -0.25) is 14.9 Å². The van der Waals surface area contributed by atoms with Crippen molar-refractivity contribution in [3.05, 3.63) is 63.7 Å². The van der Waals surface area contributed by atoms with Crippen LogP contribution in [0.5, 0.6) is 0 Å². The van der Waals surface area contributed by atoms with Crippen LogP contribution in [0.25, 0.3) is 10.6 Å². The number of carbonyl (C=O) groups is 1. The average Bonchev–Trinajstić information content (AvgIpc) is 3.15. The second-order valence-corrected chi connectivity index (χ2v) is 8.67. The van der Waals surface area contributed by atoms with Crippen LogP contribution in [0.2, 0.25) is 0 Å². The summed E-state index contributed by atoms with van der Waals surface area (Å²) in [7, 11) is 0. The van der Waals surface area contributed by atoms with Crippen molar-refractivity contribution in [1.82, 2.24) is 10.2 Å². The van der Waals surface area contributed by atoms with Gasteiger partial charge in [0, 0.05) is 35.2 Å². The zero-order chi connectivity index (χ0) is 22.8. The fourth-order valence-corrected chi connectivity index (χ4v) is 3.23. The van der Waals surface area contributed by atoms with Gasteiger partial charge in [0.25, 0.3) is 5.69 Å². The molecule has 8 nitrogen and oxygen atoms in total. The van der Waals surface area contributed by atoms with Crippen LogP contribution >= 0.6 is 11.3 Å². The van der Waals surface area contributed by atoms with Crippen LogP contribution in [0, 0.1) is 27.2 Å². The molecule has 1 amide bonds. The fourth-order valence-electron chi connectivity index (χ4n) is 2.50. The molecule has 0 aliphatic heterocycles. The number of benzene rings is 2. The lowest BCUT2D eigenvalue weighted by Crippen LogP contribution is -2.27. The van der Waals surface area contributed by atoms with Crippen LogP contribution in [0.4, 0.5) is 25.3 Å². The number of aromatic nitrogens is 2. The maximum atomic E-state index is 13.8. The smallest absolute Gasteiger partial charge is 0.293 e. The van der Waals surface area contributed by atoms with Crippen molar-refractivity contribution in [2.45, 2.75) is 27.3 Å². The van der Waals surface area contributed by atoms with E-state index >= 15 is 0 Å². The molecule has 0 fully saturated rings. The van der Waals surface area contributed by atoms with Crippen LogP contribution in [0.1, 0.15) is 26.3 Å². The van der Waals surface area contributed by atoms with E-state index in [1.807, 2.05) is 0 Å². The topological polar surface area (TPSA) is 110 Å². The minimum absolute atomic E-state index is 0.0614. The summed E-state index contributed by atoms with van der Waals surface area (Å²) >= 11 is 1.09. The van der Waals surface area contributed by atoms with Gasteiger partial charge in [-0.2, -0.15) is 0 Å². The predicted octanol–water partition coefficient (Wildman–Crippen LogP) is 4.99. The molecule has 0 atom stereocenters. The molecule has 0 aliphatic carbocycles. The van der Waals surface area contributed by atoms with Crippen molar-refractivity contribution in [3.8, 4) is 10.6 Å². The molecule has 0 radical (unpaired) electrons. The number of hydrogen-bond acceptors (Lipinski definition) is 7. The molecule has 0 spiro atoms. The monoisotopic (exact) mass is 447 g/mol. The van der Waals surface area contributed by atoms with E-state index in [4.69, 9.17) is 0 Å². The highest BCUT2D eigenvalue weighted by atomic mass is 32.1. The maximum Gasteiger partial charge on any atom is 0.293 e. The van der Waals surface area contributed by atoms with Gasteiger partial charge in [0.15, 0.2) is 0 Å². The quantitative estimate of drug-likeness (QED) is 0.407. The lowest BCUT2D eigenvalue weighted by atomic mass is 9.96. The number of nitrogens with zero attached hydrogens (tertiary/aromatic N) is 3. The molecule has 0 saturated carbocycles. The van der Waals surface area contributed by atoms with Gasteiger partial charge < -0.3 is 10.6 Å².